The van der Waals surface area contributed by atoms with E-state index in [0.29, 0.717) is 11.6 Å². The monoisotopic (exact) mass is 385 g/mol. The van der Waals surface area contributed by atoms with Gasteiger partial charge < -0.3 is 15.0 Å². The standard InChI is InChI=1S/C21H24ClN3O2/c22-17-5-3-6-18(14-17)25-9-8-20(21(25)26)23-19-7-2-1-4-16(19)15-24-10-12-27-13-11-24/h1-7,14,20,23H,8-13,15H2. The summed E-state index contributed by atoms with van der Waals surface area (Å²) in [6, 6.07) is 15.5. The third kappa shape index (κ3) is 4.26. The first kappa shape index (κ1) is 18.3. The molecule has 5 nitrogen and oxygen atoms in total. The van der Waals surface area contributed by atoms with Crippen LogP contribution in [0.15, 0.2) is 48.5 Å². The van der Waals surface area contributed by atoms with Crippen LogP contribution in [0.3, 0.4) is 0 Å². The number of benzene rings is 2. The molecule has 27 heavy (non-hydrogen) atoms. The van der Waals surface area contributed by atoms with Crippen LogP contribution in [-0.4, -0.2) is 49.7 Å². The fourth-order valence-corrected chi connectivity index (χ4v) is 3.89. The Morgan fingerprint density at radius 3 is 2.70 bits per heavy atom. The smallest absolute Gasteiger partial charge is 0.249 e. The van der Waals surface area contributed by atoms with Crippen molar-refractivity contribution < 1.29 is 9.53 Å². The Labute approximate surface area is 164 Å². The number of anilines is 2. The number of carbonyl (C=O) groups excluding carboxylic acids is 1. The first-order chi connectivity index (χ1) is 13.2. The molecule has 2 fully saturated rings. The predicted molar refractivity (Wildman–Crippen MR) is 108 cm³/mol. The van der Waals surface area contributed by atoms with E-state index in [1.54, 1.807) is 0 Å². The summed E-state index contributed by atoms with van der Waals surface area (Å²) in [6.45, 7) is 5.02. The zero-order chi connectivity index (χ0) is 18.6. The van der Waals surface area contributed by atoms with E-state index in [9.17, 15) is 4.79 Å². The van der Waals surface area contributed by atoms with Crippen LogP contribution < -0.4 is 10.2 Å². The Morgan fingerprint density at radius 2 is 1.89 bits per heavy atom. The van der Waals surface area contributed by atoms with Gasteiger partial charge in [-0.05, 0) is 36.2 Å². The van der Waals surface area contributed by atoms with Crippen LogP contribution in [0.4, 0.5) is 11.4 Å². The number of hydrogen-bond donors (Lipinski definition) is 1. The van der Waals surface area contributed by atoms with Crippen molar-refractivity contribution in [3.05, 3.63) is 59.1 Å². The van der Waals surface area contributed by atoms with Gasteiger partial charge >= 0.3 is 0 Å². The molecule has 0 spiro atoms. The molecular weight excluding hydrogens is 362 g/mol. The summed E-state index contributed by atoms with van der Waals surface area (Å²) in [5, 5.41) is 4.13. The summed E-state index contributed by atoms with van der Waals surface area (Å²) < 4.78 is 5.43. The molecule has 2 saturated heterocycles. The second kappa shape index (κ2) is 8.30. The quantitative estimate of drug-likeness (QED) is 0.856. The molecule has 1 N–H and O–H groups in total. The third-order valence-electron chi connectivity index (χ3n) is 5.17. The molecule has 142 valence electrons. The van der Waals surface area contributed by atoms with Crippen molar-refractivity contribution >= 4 is 28.9 Å². The molecule has 0 aliphatic carbocycles. The number of nitrogens with zero attached hydrogens (tertiary/aromatic N) is 2. The van der Waals surface area contributed by atoms with E-state index in [2.05, 4.69) is 28.4 Å². The van der Waals surface area contributed by atoms with E-state index in [1.165, 1.54) is 5.56 Å². The number of carbonyl (C=O) groups is 1. The highest BCUT2D eigenvalue weighted by atomic mass is 35.5. The fraction of sp³-hybridized carbons (Fsp3) is 0.381. The average molecular weight is 386 g/mol. The van der Waals surface area contributed by atoms with Crippen molar-refractivity contribution in [2.75, 3.05) is 43.1 Å². The van der Waals surface area contributed by atoms with Gasteiger partial charge in [0, 0.05) is 42.6 Å². The van der Waals surface area contributed by atoms with Crippen molar-refractivity contribution in [2.45, 2.75) is 19.0 Å². The lowest BCUT2D eigenvalue weighted by Gasteiger charge is -2.28. The molecule has 4 rings (SSSR count). The molecule has 0 bridgehead atoms. The number of hydrogen-bond acceptors (Lipinski definition) is 4. The number of amides is 1. The Kier molecular flexibility index (Phi) is 5.62. The molecule has 2 aromatic rings. The summed E-state index contributed by atoms with van der Waals surface area (Å²) in [4.78, 5) is 17.1. The summed E-state index contributed by atoms with van der Waals surface area (Å²) in [5.41, 5.74) is 3.11. The molecule has 1 atom stereocenters. The maximum Gasteiger partial charge on any atom is 0.249 e. The second-order valence-corrected chi connectivity index (χ2v) is 7.44. The molecule has 6 heteroatoms. The highest BCUT2D eigenvalue weighted by Crippen LogP contribution is 2.27. The van der Waals surface area contributed by atoms with Crippen molar-refractivity contribution in [1.29, 1.82) is 0 Å². The van der Waals surface area contributed by atoms with Crippen LogP contribution in [0, 0.1) is 0 Å². The first-order valence-corrected chi connectivity index (χ1v) is 9.80. The summed E-state index contributed by atoms with van der Waals surface area (Å²) in [5.74, 6) is 0.0958. The highest BCUT2D eigenvalue weighted by Gasteiger charge is 2.33. The van der Waals surface area contributed by atoms with Crippen LogP contribution in [0.5, 0.6) is 0 Å². The van der Waals surface area contributed by atoms with E-state index < -0.39 is 0 Å². The second-order valence-electron chi connectivity index (χ2n) is 7.00. The van der Waals surface area contributed by atoms with Gasteiger partial charge in [0.15, 0.2) is 0 Å². The minimum Gasteiger partial charge on any atom is -0.379 e. The largest absolute Gasteiger partial charge is 0.379 e. The van der Waals surface area contributed by atoms with Gasteiger partial charge in [0.05, 0.1) is 13.2 Å². The molecule has 0 radical (unpaired) electrons. The van der Waals surface area contributed by atoms with Crippen molar-refractivity contribution in [2.24, 2.45) is 0 Å². The maximum atomic E-state index is 12.9. The maximum absolute atomic E-state index is 12.9. The van der Waals surface area contributed by atoms with Gasteiger partial charge in [-0.3, -0.25) is 9.69 Å². The fourth-order valence-electron chi connectivity index (χ4n) is 3.70. The third-order valence-corrected chi connectivity index (χ3v) is 5.41. The van der Waals surface area contributed by atoms with Crippen LogP contribution in [0.25, 0.3) is 0 Å². The summed E-state index contributed by atoms with van der Waals surface area (Å²) >= 11 is 6.08. The lowest BCUT2D eigenvalue weighted by Crippen LogP contribution is -2.36. The highest BCUT2D eigenvalue weighted by molar-refractivity contribution is 6.31. The van der Waals surface area contributed by atoms with E-state index in [0.717, 1.165) is 50.6 Å². The number of para-hydroxylation sites is 1. The van der Waals surface area contributed by atoms with Crippen LogP contribution in [0.1, 0.15) is 12.0 Å². The lowest BCUT2D eigenvalue weighted by atomic mass is 10.1. The zero-order valence-corrected chi connectivity index (χ0v) is 16.0. The van der Waals surface area contributed by atoms with E-state index in [4.69, 9.17) is 16.3 Å². The van der Waals surface area contributed by atoms with Crippen LogP contribution in [0.2, 0.25) is 5.02 Å². The number of rotatable bonds is 5. The van der Waals surface area contributed by atoms with E-state index in [-0.39, 0.29) is 11.9 Å². The molecule has 2 heterocycles. The minimum absolute atomic E-state index is 0.0958. The van der Waals surface area contributed by atoms with E-state index in [1.807, 2.05) is 35.2 Å². The van der Waals surface area contributed by atoms with Gasteiger partial charge in [-0.2, -0.15) is 0 Å². The first-order valence-electron chi connectivity index (χ1n) is 9.42. The van der Waals surface area contributed by atoms with Gasteiger partial charge in [0.2, 0.25) is 5.91 Å². The molecule has 0 saturated carbocycles. The number of halogens is 1. The van der Waals surface area contributed by atoms with Crippen molar-refractivity contribution in [1.82, 2.24) is 4.90 Å². The van der Waals surface area contributed by atoms with Gasteiger partial charge in [-0.25, -0.2) is 0 Å². The van der Waals surface area contributed by atoms with E-state index >= 15 is 0 Å². The van der Waals surface area contributed by atoms with Gasteiger partial charge in [-0.1, -0.05) is 35.9 Å². The molecule has 1 unspecified atom stereocenters. The predicted octanol–water partition coefficient (Wildman–Crippen LogP) is 3.39. The summed E-state index contributed by atoms with van der Waals surface area (Å²) in [7, 11) is 0. The van der Waals surface area contributed by atoms with Crippen LogP contribution >= 0.6 is 11.6 Å². The Morgan fingerprint density at radius 1 is 1.07 bits per heavy atom. The number of morpholine rings is 1. The SMILES string of the molecule is O=C1C(Nc2ccccc2CN2CCOCC2)CCN1c1cccc(Cl)c1. The lowest BCUT2D eigenvalue weighted by molar-refractivity contribution is -0.117. The van der Waals surface area contributed by atoms with Crippen molar-refractivity contribution in [3.8, 4) is 0 Å². The molecule has 2 aliphatic rings. The molecule has 2 aliphatic heterocycles. The molecular formula is C21H24ClN3O2. The molecule has 2 aromatic carbocycles. The van der Waals surface area contributed by atoms with Crippen LogP contribution in [-0.2, 0) is 16.1 Å². The number of nitrogens with one attached hydrogen (secondary N) is 1. The van der Waals surface area contributed by atoms with Crippen molar-refractivity contribution in [3.63, 3.8) is 0 Å². The zero-order valence-electron chi connectivity index (χ0n) is 15.2. The normalized spacial score (nSPS) is 20.9. The number of ether oxygens (including phenoxy) is 1. The Hall–Kier alpha value is -2.08. The molecule has 0 aromatic heterocycles. The summed E-state index contributed by atoms with van der Waals surface area (Å²) in [6.07, 6.45) is 0.775. The topological polar surface area (TPSA) is 44.8 Å². The van der Waals surface area contributed by atoms with Gasteiger partial charge in [0.1, 0.15) is 6.04 Å². The average Bonchev–Trinajstić information content (AvgIpc) is 3.05. The Balaban J connectivity index is 1.46. The Bertz CT molecular complexity index is 808. The minimum atomic E-state index is -0.213. The molecule has 1 amide bonds. The van der Waals surface area contributed by atoms with Gasteiger partial charge in [0.25, 0.3) is 0 Å². The van der Waals surface area contributed by atoms with Gasteiger partial charge in [-0.15, -0.1) is 0 Å².